The molecule has 1 aliphatic heterocycles. The molecule has 1 heterocycles. The fourth-order valence-electron chi connectivity index (χ4n) is 3.40. The molecule has 6 heteroatoms. The fraction of sp³-hybridized carbons (Fsp3) is 0.400. The van der Waals surface area contributed by atoms with Crippen LogP contribution in [0, 0.1) is 0 Å². The topological polar surface area (TPSA) is 61.9 Å². The SMILES string of the molecule is COC(=O)NC(=O)[C@@H](C)N1CCN(Cc2cccc3ccccc23)CC1. The number of hydrogen-bond acceptors (Lipinski definition) is 5. The van der Waals surface area contributed by atoms with Gasteiger partial charge in [0.25, 0.3) is 0 Å². The lowest BCUT2D eigenvalue weighted by Crippen LogP contribution is -2.54. The molecule has 3 rings (SSSR count). The van der Waals surface area contributed by atoms with Crippen LogP contribution < -0.4 is 5.32 Å². The molecule has 138 valence electrons. The molecular weight excluding hydrogens is 330 g/mol. The highest BCUT2D eigenvalue weighted by Crippen LogP contribution is 2.20. The van der Waals surface area contributed by atoms with Crippen molar-refractivity contribution in [1.82, 2.24) is 15.1 Å². The summed E-state index contributed by atoms with van der Waals surface area (Å²) >= 11 is 0. The highest BCUT2D eigenvalue weighted by atomic mass is 16.5. The summed E-state index contributed by atoms with van der Waals surface area (Å²) in [5, 5.41) is 4.80. The number of carbonyl (C=O) groups is 2. The molecular formula is C20H25N3O3. The fourth-order valence-corrected chi connectivity index (χ4v) is 3.40. The second-order valence-electron chi connectivity index (χ2n) is 6.61. The number of imide groups is 1. The number of piperazine rings is 1. The van der Waals surface area contributed by atoms with E-state index in [9.17, 15) is 9.59 Å². The number of benzene rings is 2. The van der Waals surface area contributed by atoms with Gasteiger partial charge in [0.1, 0.15) is 0 Å². The van der Waals surface area contributed by atoms with E-state index in [2.05, 4.69) is 62.3 Å². The van der Waals surface area contributed by atoms with Crippen molar-refractivity contribution >= 4 is 22.8 Å². The zero-order valence-electron chi connectivity index (χ0n) is 15.3. The van der Waals surface area contributed by atoms with Gasteiger partial charge in [0.2, 0.25) is 5.91 Å². The highest BCUT2D eigenvalue weighted by molar-refractivity contribution is 5.94. The summed E-state index contributed by atoms with van der Waals surface area (Å²) in [6, 6.07) is 14.5. The first kappa shape index (κ1) is 18.4. The second kappa shape index (κ2) is 8.29. The molecule has 26 heavy (non-hydrogen) atoms. The van der Waals surface area contributed by atoms with Gasteiger partial charge in [-0.2, -0.15) is 0 Å². The molecule has 1 N–H and O–H groups in total. The van der Waals surface area contributed by atoms with Crippen molar-refractivity contribution in [2.75, 3.05) is 33.3 Å². The summed E-state index contributed by atoms with van der Waals surface area (Å²) in [5.74, 6) is -0.320. The number of amides is 2. The maximum atomic E-state index is 12.1. The quantitative estimate of drug-likeness (QED) is 0.911. The maximum absolute atomic E-state index is 12.1. The molecule has 2 aromatic rings. The summed E-state index contributed by atoms with van der Waals surface area (Å²) in [6.07, 6.45) is -0.712. The zero-order chi connectivity index (χ0) is 18.5. The van der Waals surface area contributed by atoms with E-state index in [4.69, 9.17) is 0 Å². The minimum Gasteiger partial charge on any atom is -0.453 e. The van der Waals surface area contributed by atoms with E-state index in [1.807, 2.05) is 6.92 Å². The van der Waals surface area contributed by atoms with Crippen molar-refractivity contribution in [1.29, 1.82) is 0 Å². The lowest BCUT2D eigenvalue weighted by Gasteiger charge is -2.37. The van der Waals surface area contributed by atoms with Crippen molar-refractivity contribution < 1.29 is 14.3 Å². The van der Waals surface area contributed by atoms with Crippen LogP contribution in [-0.4, -0.2) is 61.1 Å². The molecule has 0 aliphatic carbocycles. The average Bonchev–Trinajstić information content (AvgIpc) is 2.68. The molecule has 6 nitrogen and oxygen atoms in total. The van der Waals surface area contributed by atoms with Gasteiger partial charge < -0.3 is 4.74 Å². The number of alkyl carbamates (subject to hydrolysis) is 1. The predicted octanol–water partition coefficient (Wildman–Crippen LogP) is 2.23. The number of hydrogen-bond donors (Lipinski definition) is 1. The monoisotopic (exact) mass is 355 g/mol. The van der Waals surface area contributed by atoms with Crippen LogP contribution >= 0.6 is 0 Å². The van der Waals surface area contributed by atoms with Crippen molar-refractivity contribution in [2.45, 2.75) is 19.5 Å². The average molecular weight is 355 g/mol. The lowest BCUT2D eigenvalue weighted by molar-refractivity contribution is -0.125. The first-order valence-corrected chi connectivity index (χ1v) is 8.90. The van der Waals surface area contributed by atoms with Crippen LogP contribution in [-0.2, 0) is 16.1 Å². The Balaban J connectivity index is 1.57. The van der Waals surface area contributed by atoms with Gasteiger partial charge in [-0.25, -0.2) is 4.79 Å². The molecule has 0 spiro atoms. The van der Waals surface area contributed by atoms with E-state index in [1.165, 1.54) is 23.4 Å². The van der Waals surface area contributed by atoms with Gasteiger partial charge in [-0.15, -0.1) is 0 Å². The van der Waals surface area contributed by atoms with E-state index < -0.39 is 6.09 Å². The van der Waals surface area contributed by atoms with Crippen molar-refractivity contribution in [3.05, 3.63) is 48.0 Å². The predicted molar refractivity (Wildman–Crippen MR) is 101 cm³/mol. The summed E-state index contributed by atoms with van der Waals surface area (Å²) < 4.78 is 4.48. The van der Waals surface area contributed by atoms with Gasteiger partial charge >= 0.3 is 6.09 Å². The van der Waals surface area contributed by atoms with E-state index in [-0.39, 0.29) is 11.9 Å². The molecule has 1 aliphatic rings. The zero-order valence-corrected chi connectivity index (χ0v) is 15.3. The number of methoxy groups -OCH3 is 1. The molecule has 0 bridgehead atoms. The summed E-state index contributed by atoms with van der Waals surface area (Å²) in [6.45, 7) is 6.08. The van der Waals surface area contributed by atoms with Crippen LogP contribution in [0.25, 0.3) is 10.8 Å². The Labute approximate surface area is 153 Å². The lowest BCUT2D eigenvalue weighted by atomic mass is 10.0. The number of nitrogens with one attached hydrogen (secondary N) is 1. The first-order chi connectivity index (χ1) is 12.6. The van der Waals surface area contributed by atoms with E-state index in [1.54, 1.807) is 0 Å². The molecule has 1 fully saturated rings. The number of carbonyl (C=O) groups excluding carboxylic acids is 2. The van der Waals surface area contributed by atoms with Gasteiger partial charge in [-0.3, -0.25) is 19.9 Å². The standard InChI is InChI=1S/C20H25N3O3/c1-15(19(24)21-20(25)26-2)23-12-10-22(11-13-23)14-17-8-5-7-16-6-3-4-9-18(16)17/h3-9,15H,10-14H2,1-2H3,(H,21,24,25)/t15-/m1/s1. The second-order valence-corrected chi connectivity index (χ2v) is 6.61. The molecule has 1 saturated heterocycles. The van der Waals surface area contributed by atoms with E-state index in [0.29, 0.717) is 0 Å². The Bertz CT molecular complexity index is 779. The highest BCUT2D eigenvalue weighted by Gasteiger charge is 2.26. The minimum absolute atomic E-state index is 0.320. The van der Waals surface area contributed by atoms with Crippen LogP contribution in [0.5, 0.6) is 0 Å². The smallest absolute Gasteiger partial charge is 0.413 e. The molecule has 0 saturated carbocycles. The molecule has 2 aromatic carbocycles. The third kappa shape index (κ3) is 4.20. The van der Waals surface area contributed by atoms with Crippen LogP contribution in [0.4, 0.5) is 4.79 Å². The summed E-state index contributed by atoms with van der Waals surface area (Å²) in [4.78, 5) is 27.8. The summed E-state index contributed by atoms with van der Waals surface area (Å²) in [5.41, 5.74) is 1.33. The number of rotatable bonds is 4. The first-order valence-electron chi connectivity index (χ1n) is 8.90. The Hall–Kier alpha value is -2.44. The van der Waals surface area contributed by atoms with Crippen molar-refractivity contribution in [3.63, 3.8) is 0 Å². The largest absolute Gasteiger partial charge is 0.453 e. The number of fused-ring (bicyclic) bond motifs is 1. The number of ether oxygens (including phenoxy) is 1. The normalized spacial score (nSPS) is 17.0. The minimum atomic E-state index is -0.712. The Kier molecular flexibility index (Phi) is 5.85. The van der Waals surface area contributed by atoms with Crippen LogP contribution in [0.2, 0.25) is 0 Å². The maximum Gasteiger partial charge on any atom is 0.413 e. The number of nitrogens with zero attached hydrogens (tertiary/aromatic N) is 2. The summed E-state index contributed by atoms with van der Waals surface area (Å²) in [7, 11) is 1.25. The van der Waals surface area contributed by atoms with Crippen molar-refractivity contribution in [2.24, 2.45) is 0 Å². The molecule has 0 radical (unpaired) electrons. The Morgan fingerprint density at radius 1 is 1.08 bits per heavy atom. The Morgan fingerprint density at radius 3 is 2.50 bits per heavy atom. The third-order valence-electron chi connectivity index (χ3n) is 5.02. The van der Waals surface area contributed by atoms with Gasteiger partial charge in [0, 0.05) is 32.7 Å². The molecule has 1 atom stereocenters. The molecule has 0 aromatic heterocycles. The van der Waals surface area contributed by atoms with Gasteiger partial charge in [-0.05, 0) is 23.3 Å². The Morgan fingerprint density at radius 2 is 1.77 bits per heavy atom. The van der Waals surface area contributed by atoms with Gasteiger partial charge in [-0.1, -0.05) is 42.5 Å². The van der Waals surface area contributed by atoms with Gasteiger partial charge in [0.15, 0.2) is 0 Å². The van der Waals surface area contributed by atoms with Gasteiger partial charge in [0.05, 0.1) is 13.2 Å². The van der Waals surface area contributed by atoms with E-state index in [0.717, 1.165) is 32.7 Å². The van der Waals surface area contributed by atoms with Crippen molar-refractivity contribution in [3.8, 4) is 0 Å². The van der Waals surface area contributed by atoms with Crippen LogP contribution in [0.3, 0.4) is 0 Å². The third-order valence-corrected chi connectivity index (χ3v) is 5.02. The van der Waals surface area contributed by atoms with Crippen LogP contribution in [0.1, 0.15) is 12.5 Å². The van der Waals surface area contributed by atoms with Crippen LogP contribution in [0.15, 0.2) is 42.5 Å². The molecule has 0 unspecified atom stereocenters. The molecule has 2 amide bonds. The van der Waals surface area contributed by atoms with E-state index >= 15 is 0 Å².